The predicted molar refractivity (Wildman–Crippen MR) is 120 cm³/mol. The quantitative estimate of drug-likeness (QED) is 0.389. The Morgan fingerprint density at radius 2 is 1.81 bits per heavy atom. The van der Waals surface area contributed by atoms with Crippen LogP contribution in [0.1, 0.15) is 12.5 Å². The Balaban J connectivity index is 1.63. The van der Waals surface area contributed by atoms with E-state index in [0.717, 1.165) is 23.1 Å². The molecule has 10 heteroatoms. The Labute approximate surface area is 185 Å². The van der Waals surface area contributed by atoms with Gasteiger partial charge in [0, 0.05) is 5.69 Å². The zero-order valence-electron chi connectivity index (χ0n) is 17.0. The lowest BCUT2D eigenvalue weighted by molar-refractivity contribution is -0.113. The van der Waals surface area contributed by atoms with Gasteiger partial charge in [-0.2, -0.15) is 0 Å². The van der Waals surface area contributed by atoms with Gasteiger partial charge in [-0.05, 0) is 50.2 Å². The number of hydrogen-bond acceptors (Lipinski definition) is 8. The van der Waals surface area contributed by atoms with E-state index in [1.54, 1.807) is 36.4 Å². The van der Waals surface area contributed by atoms with Crippen molar-refractivity contribution >= 4 is 39.0 Å². The number of carbonyl (C=O) groups excluding carboxylic acids is 1. The first-order valence-electron chi connectivity index (χ1n) is 9.39. The maximum absolute atomic E-state index is 12.8. The largest absolute Gasteiger partial charge is 0.494 e. The van der Waals surface area contributed by atoms with E-state index in [9.17, 15) is 13.2 Å². The van der Waals surface area contributed by atoms with Crippen LogP contribution in [-0.4, -0.2) is 36.7 Å². The van der Waals surface area contributed by atoms with Crippen LogP contribution in [0.15, 0.2) is 69.7 Å². The zero-order chi connectivity index (χ0) is 22.4. The van der Waals surface area contributed by atoms with Crippen LogP contribution in [0.4, 0.5) is 11.5 Å². The summed E-state index contributed by atoms with van der Waals surface area (Å²) in [5, 5.41) is 2.97. The molecule has 31 heavy (non-hydrogen) atoms. The molecule has 1 amide bonds. The molecule has 0 spiro atoms. The van der Waals surface area contributed by atoms with Gasteiger partial charge < -0.3 is 15.8 Å². The molecule has 2 aromatic carbocycles. The minimum Gasteiger partial charge on any atom is -0.494 e. The molecular formula is C21H22N4O4S2. The minimum atomic E-state index is -3.83. The molecule has 3 aromatic rings. The lowest BCUT2D eigenvalue weighted by Crippen LogP contribution is -2.14. The number of nitrogens with zero attached hydrogens (tertiary/aromatic N) is 2. The number of nitrogen functional groups attached to an aromatic ring is 1. The SMILES string of the molecule is CCOc1ccc(NC(=O)CSc2ncc(S(=O)(=O)c3ccc(C)cc3)c(N)n2)cc1. The molecule has 0 unspecified atom stereocenters. The lowest BCUT2D eigenvalue weighted by atomic mass is 10.2. The number of aryl methyl sites for hydroxylation is 1. The van der Waals surface area contributed by atoms with Crippen molar-refractivity contribution in [2.45, 2.75) is 28.8 Å². The van der Waals surface area contributed by atoms with Gasteiger partial charge in [0.1, 0.15) is 16.5 Å². The molecule has 0 fully saturated rings. The van der Waals surface area contributed by atoms with Crippen molar-refractivity contribution < 1.29 is 17.9 Å². The van der Waals surface area contributed by atoms with E-state index >= 15 is 0 Å². The van der Waals surface area contributed by atoms with Gasteiger partial charge in [0.15, 0.2) is 5.16 Å². The molecule has 3 rings (SSSR count). The summed E-state index contributed by atoms with van der Waals surface area (Å²) in [6, 6.07) is 13.5. The van der Waals surface area contributed by atoms with Crippen molar-refractivity contribution in [1.82, 2.24) is 9.97 Å². The van der Waals surface area contributed by atoms with Crippen LogP contribution in [0.5, 0.6) is 5.75 Å². The number of hydrogen-bond donors (Lipinski definition) is 2. The molecule has 0 saturated heterocycles. The second-order valence-electron chi connectivity index (χ2n) is 6.51. The molecule has 0 aliphatic rings. The molecule has 8 nitrogen and oxygen atoms in total. The molecule has 0 aliphatic carbocycles. The van der Waals surface area contributed by atoms with Gasteiger partial charge in [0.25, 0.3) is 0 Å². The molecule has 1 heterocycles. The number of benzene rings is 2. The Bertz CT molecular complexity index is 1160. The molecule has 0 aliphatic heterocycles. The fourth-order valence-corrected chi connectivity index (χ4v) is 4.50. The monoisotopic (exact) mass is 458 g/mol. The third-order valence-corrected chi connectivity index (χ3v) is 6.81. The van der Waals surface area contributed by atoms with E-state index in [1.165, 1.54) is 18.3 Å². The van der Waals surface area contributed by atoms with E-state index in [4.69, 9.17) is 10.5 Å². The Morgan fingerprint density at radius 1 is 1.13 bits per heavy atom. The second kappa shape index (κ2) is 9.80. The summed E-state index contributed by atoms with van der Waals surface area (Å²) in [5.41, 5.74) is 7.46. The molecule has 0 radical (unpaired) electrons. The number of ether oxygens (including phenoxy) is 1. The van der Waals surface area contributed by atoms with Crippen molar-refractivity contribution in [2.24, 2.45) is 0 Å². The van der Waals surface area contributed by atoms with E-state index < -0.39 is 9.84 Å². The second-order valence-corrected chi connectivity index (χ2v) is 9.37. The van der Waals surface area contributed by atoms with Gasteiger partial charge in [-0.15, -0.1) is 0 Å². The number of rotatable bonds is 8. The molecular weight excluding hydrogens is 436 g/mol. The zero-order valence-corrected chi connectivity index (χ0v) is 18.7. The van der Waals surface area contributed by atoms with Crippen LogP contribution in [0.2, 0.25) is 0 Å². The normalized spacial score (nSPS) is 11.2. The standard InChI is InChI=1S/C21H22N4O4S2/c1-3-29-16-8-6-15(7-9-16)24-19(26)13-30-21-23-12-18(20(22)25-21)31(27,28)17-10-4-14(2)5-11-17/h4-12H,3,13H2,1-2H3,(H,24,26)(H2,22,23,25). The molecule has 0 saturated carbocycles. The van der Waals surface area contributed by atoms with E-state index in [1.807, 2.05) is 13.8 Å². The van der Waals surface area contributed by atoms with E-state index in [2.05, 4.69) is 15.3 Å². The number of amides is 1. The van der Waals surface area contributed by atoms with Gasteiger partial charge in [0.2, 0.25) is 15.7 Å². The van der Waals surface area contributed by atoms with Crippen molar-refractivity contribution in [3.05, 3.63) is 60.3 Å². The van der Waals surface area contributed by atoms with E-state index in [0.29, 0.717) is 12.3 Å². The summed E-state index contributed by atoms with van der Waals surface area (Å²) >= 11 is 1.06. The van der Waals surface area contributed by atoms with Crippen molar-refractivity contribution in [2.75, 3.05) is 23.4 Å². The van der Waals surface area contributed by atoms with Crippen LogP contribution in [0, 0.1) is 6.92 Å². The highest BCUT2D eigenvalue weighted by Crippen LogP contribution is 2.26. The van der Waals surface area contributed by atoms with Crippen LogP contribution >= 0.6 is 11.8 Å². The van der Waals surface area contributed by atoms with Gasteiger partial charge in [0.05, 0.1) is 23.5 Å². The number of thioether (sulfide) groups is 1. The van der Waals surface area contributed by atoms with Crippen LogP contribution in [0.3, 0.4) is 0 Å². The summed E-state index contributed by atoms with van der Waals surface area (Å²) in [6.07, 6.45) is 1.17. The Kier molecular flexibility index (Phi) is 7.13. The summed E-state index contributed by atoms with van der Waals surface area (Å²) in [7, 11) is -3.83. The van der Waals surface area contributed by atoms with Gasteiger partial charge in [-0.1, -0.05) is 29.5 Å². The number of nitrogens with two attached hydrogens (primary N) is 1. The average Bonchev–Trinajstić information content (AvgIpc) is 2.74. The number of sulfone groups is 1. The first-order chi connectivity index (χ1) is 14.8. The van der Waals surface area contributed by atoms with E-state index in [-0.39, 0.29) is 32.4 Å². The van der Waals surface area contributed by atoms with Gasteiger partial charge in [-0.25, -0.2) is 18.4 Å². The topological polar surface area (TPSA) is 124 Å². The van der Waals surface area contributed by atoms with Crippen molar-refractivity contribution in [1.29, 1.82) is 0 Å². The molecule has 1 aromatic heterocycles. The van der Waals surface area contributed by atoms with Crippen molar-refractivity contribution in [3.8, 4) is 5.75 Å². The molecule has 162 valence electrons. The van der Waals surface area contributed by atoms with Crippen LogP contribution < -0.4 is 15.8 Å². The lowest BCUT2D eigenvalue weighted by Gasteiger charge is -2.09. The third-order valence-electron chi connectivity index (χ3n) is 4.16. The third kappa shape index (κ3) is 5.74. The number of aromatic nitrogens is 2. The first kappa shape index (κ1) is 22.6. The maximum Gasteiger partial charge on any atom is 0.234 e. The van der Waals surface area contributed by atoms with Crippen molar-refractivity contribution in [3.63, 3.8) is 0 Å². The fraction of sp³-hybridized carbons (Fsp3) is 0.190. The highest BCUT2D eigenvalue weighted by Gasteiger charge is 2.22. The molecule has 0 atom stereocenters. The smallest absolute Gasteiger partial charge is 0.234 e. The highest BCUT2D eigenvalue weighted by atomic mass is 32.2. The summed E-state index contributed by atoms with van der Waals surface area (Å²) in [5.74, 6) is 0.341. The van der Waals surface area contributed by atoms with Crippen LogP contribution in [0.25, 0.3) is 0 Å². The summed E-state index contributed by atoms with van der Waals surface area (Å²) < 4.78 is 30.9. The maximum atomic E-state index is 12.8. The van der Waals surface area contributed by atoms with Crippen LogP contribution in [-0.2, 0) is 14.6 Å². The highest BCUT2D eigenvalue weighted by molar-refractivity contribution is 7.99. The summed E-state index contributed by atoms with van der Waals surface area (Å²) in [6.45, 7) is 4.33. The van der Waals surface area contributed by atoms with Gasteiger partial charge >= 0.3 is 0 Å². The number of carbonyl (C=O) groups is 1. The Morgan fingerprint density at radius 3 is 2.42 bits per heavy atom. The van der Waals surface area contributed by atoms with Gasteiger partial charge in [-0.3, -0.25) is 4.79 Å². The molecule has 3 N–H and O–H groups in total. The fourth-order valence-electron chi connectivity index (χ4n) is 2.62. The number of nitrogens with one attached hydrogen (secondary N) is 1. The number of anilines is 2. The minimum absolute atomic E-state index is 0.0384. The Hall–Kier alpha value is -3.11. The average molecular weight is 459 g/mol. The predicted octanol–water partition coefficient (Wildman–Crippen LogP) is 3.33. The molecule has 0 bridgehead atoms. The first-order valence-corrected chi connectivity index (χ1v) is 11.9. The summed E-state index contributed by atoms with van der Waals surface area (Å²) in [4.78, 5) is 20.2.